The number of carbonyl (C=O) groups is 1. The van der Waals surface area contributed by atoms with Crippen molar-refractivity contribution >= 4 is 56.3 Å². The molecule has 5 aromatic rings. The largest absolute Gasteiger partial charge is 0 e. The second kappa shape index (κ2) is 15.7. The summed E-state index contributed by atoms with van der Waals surface area (Å²) in [7, 11) is 0. The van der Waals surface area contributed by atoms with Crippen LogP contribution in [0, 0.1) is 24.8 Å². The van der Waals surface area contributed by atoms with Crippen molar-refractivity contribution in [1.29, 1.82) is 0 Å². The molecule has 0 unspecified atom stereocenters. The molecule has 0 saturated carbocycles. The van der Waals surface area contributed by atoms with Gasteiger partial charge in [-0.2, -0.15) is 0 Å². The molecule has 0 spiro atoms. The van der Waals surface area contributed by atoms with Crippen molar-refractivity contribution in [3.05, 3.63) is 77.3 Å². The molecule has 0 atom stereocenters. The number of furan rings is 1. The van der Waals surface area contributed by atoms with Gasteiger partial charge in [0.1, 0.15) is 0 Å². The maximum absolute atomic E-state index is 11.7. The Bertz CT molecular complexity index is 2080. The molecule has 1 radical (unpaired) electrons. The van der Waals surface area contributed by atoms with E-state index in [1.807, 2.05) is 27.7 Å². The third-order valence-corrected chi connectivity index (χ3v) is 15.1. The fraction of sp³-hybridized carbons (Fsp3) is 0.477. The van der Waals surface area contributed by atoms with Crippen LogP contribution in [-0.2, 0) is 35.7 Å². The van der Waals surface area contributed by atoms with Crippen LogP contribution in [0.2, 0.25) is 17.3 Å². The Morgan fingerprint density at radius 1 is 0.902 bits per heavy atom. The standard InChI is InChI=1S/C31H33GeN2O.C13H24O2.Ir/c1-18-9-10-21-19(13-18)14-20(15-24(21)32(6,7)8)26-29-27(34-17-33-26)22-11-12-23-25(28(22)35-29)31(4,5)16-30(23,2)3;1-5-10(6-2)12(14)9-13(15)11(7-3)8-4;/h9-13,15,17H,16H2,1-8H3;9-11,14H,5-8H2,1-4H3;/q-1;;/b;12-9-;. The molecule has 0 fully saturated rings. The number of aliphatic hydroxyl groups excluding tert-OH is 1. The van der Waals surface area contributed by atoms with E-state index in [1.54, 1.807) is 6.33 Å². The molecule has 3 aromatic carbocycles. The molecule has 275 valence electrons. The van der Waals surface area contributed by atoms with E-state index < -0.39 is 13.3 Å². The number of aryl methyl sites for hydroxylation is 1. The number of aromatic nitrogens is 2. The van der Waals surface area contributed by atoms with Crippen molar-refractivity contribution in [2.45, 2.75) is 123 Å². The van der Waals surface area contributed by atoms with E-state index >= 15 is 0 Å². The van der Waals surface area contributed by atoms with Gasteiger partial charge in [0.15, 0.2) is 5.78 Å². The average molecular weight is 927 g/mol. The maximum Gasteiger partial charge on any atom is 0 e. The third-order valence-electron chi connectivity index (χ3n) is 10.9. The fourth-order valence-corrected chi connectivity index (χ4v) is 11.6. The zero-order valence-electron chi connectivity index (χ0n) is 32.8. The summed E-state index contributed by atoms with van der Waals surface area (Å²) in [4.78, 5) is 21.2. The van der Waals surface area contributed by atoms with E-state index in [2.05, 4.69) is 94.4 Å². The monoisotopic (exact) mass is 928 g/mol. The smallest absolute Gasteiger partial charge is 0 e. The van der Waals surface area contributed by atoms with Crippen LogP contribution < -0.4 is 4.40 Å². The Morgan fingerprint density at radius 2 is 1.53 bits per heavy atom. The molecule has 2 heterocycles. The Balaban J connectivity index is 0.000000312. The molecular weight excluding hydrogens is 869 g/mol. The molecule has 6 rings (SSSR count). The number of aliphatic hydroxyl groups is 1. The summed E-state index contributed by atoms with van der Waals surface area (Å²) in [6.45, 7) is 19.6. The summed E-state index contributed by atoms with van der Waals surface area (Å²) in [5, 5.41) is 13.3. The SMILES string of the molecule is CCC(CC)C(=O)/C=C(\O)C(CC)CC.Cc1ccc2[c]([Ge]([CH3])([CH3])[CH3])cc(-c3ncnc4c3oc3c5c(ccc34)C(C)(C)CC5(C)C)[c-]c2c1.[Ir]. The van der Waals surface area contributed by atoms with Crippen molar-refractivity contribution in [1.82, 2.24) is 9.97 Å². The number of rotatable bonds is 9. The minimum atomic E-state index is -2.18. The number of hydrogen-bond donors (Lipinski definition) is 1. The number of hydrogen-bond acceptors (Lipinski definition) is 5. The topological polar surface area (TPSA) is 76.2 Å². The molecular formula is C44H57GeIrN2O3-. The predicted octanol–water partition coefficient (Wildman–Crippen LogP) is 11.7. The molecule has 0 saturated heterocycles. The van der Waals surface area contributed by atoms with Crippen LogP contribution in [0.3, 0.4) is 0 Å². The van der Waals surface area contributed by atoms with E-state index in [0.29, 0.717) is 0 Å². The van der Waals surface area contributed by atoms with E-state index in [-0.39, 0.29) is 54.3 Å². The Kier molecular flexibility index (Phi) is 12.6. The van der Waals surface area contributed by atoms with Gasteiger partial charge in [0.2, 0.25) is 0 Å². The first-order chi connectivity index (χ1) is 23.5. The first-order valence-corrected chi connectivity index (χ1v) is 25.9. The predicted molar refractivity (Wildman–Crippen MR) is 213 cm³/mol. The quantitative estimate of drug-likeness (QED) is 0.0690. The van der Waals surface area contributed by atoms with E-state index in [4.69, 9.17) is 14.4 Å². The molecule has 1 aliphatic rings. The van der Waals surface area contributed by atoms with Crippen molar-refractivity contribution in [3.8, 4) is 11.3 Å². The fourth-order valence-electron chi connectivity index (χ4n) is 8.28. The first-order valence-electron chi connectivity index (χ1n) is 18.6. The molecule has 2 aromatic heterocycles. The van der Waals surface area contributed by atoms with Gasteiger partial charge in [0.25, 0.3) is 0 Å². The normalized spacial score (nSPS) is 15.3. The minimum absolute atomic E-state index is 0. The second-order valence-electron chi connectivity index (χ2n) is 16.7. The summed E-state index contributed by atoms with van der Waals surface area (Å²) in [6.07, 6.45) is 7.69. The van der Waals surface area contributed by atoms with Crippen molar-refractivity contribution in [2.24, 2.45) is 11.8 Å². The number of benzene rings is 3. The van der Waals surface area contributed by atoms with Crippen LogP contribution >= 0.6 is 0 Å². The van der Waals surface area contributed by atoms with E-state index in [1.165, 1.54) is 32.5 Å². The third kappa shape index (κ3) is 8.09. The molecule has 0 amide bonds. The van der Waals surface area contributed by atoms with Crippen LogP contribution in [0.1, 0.15) is 104 Å². The van der Waals surface area contributed by atoms with E-state index in [0.717, 1.165) is 70.8 Å². The number of nitrogens with zero attached hydrogens (tertiary/aromatic N) is 2. The number of allylic oxidation sites excluding steroid dienone is 2. The zero-order chi connectivity index (χ0) is 36.8. The van der Waals surface area contributed by atoms with Gasteiger partial charge in [-0.15, -0.1) is 0 Å². The molecule has 1 aliphatic carbocycles. The molecule has 5 nitrogen and oxygen atoms in total. The van der Waals surface area contributed by atoms with Gasteiger partial charge in [-0.25, -0.2) is 0 Å². The Hall–Kier alpha value is -2.80. The average Bonchev–Trinajstić information content (AvgIpc) is 3.51. The molecule has 1 N–H and O–H groups in total. The van der Waals surface area contributed by atoms with Crippen molar-refractivity contribution in [2.75, 3.05) is 0 Å². The van der Waals surface area contributed by atoms with Gasteiger partial charge in [0.05, 0.1) is 5.76 Å². The summed E-state index contributed by atoms with van der Waals surface area (Å²) in [5.74, 6) is 7.89. The summed E-state index contributed by atoms with van der Waals surface area (Å²) in [6, 6.07) is 17.2. The van der Waals surface area contributed by atoms with Crippen LogP contribution in [0.4, 0.5) is 0 Å². The molecule has 51 heavy (non-hydrogen) atoms. The summed E-state index contributed by atoms with van der Waals surface area (Å²) >= 11 is -2.18. The Morgan fingerprint density at radius 3 is 2.14 bits per heavy atom. The van der Waals surface area contributed by atoms with Gasteiger partial charge in [-0.3, -0.25) is 4.79 Å². The van der Waals surface area contributed by atoms with Crippen molar-refractivity contribution < 1.29 is 34.4 Å². The maximum atomic E-state index is 11.7. The molecule has 7 heteroatoms. The van der Waals surface area contributed by atoms with Gasteiger partial charge in [0, 0.05) is 38.0 Å². The van der Waals surface area contributed by atoms with Gasteiger partial charge in [-0.1, -0.05) is 27.7 Å². The van der Waals surface area contributed by atoms with Crippen molar-refractivity contribution in [3.63, 3.8) is 0 Å². The van der Waals surface area contributed by atoms with Crippen LogP contribution in [-0.4, -0.2) is 34.1 Å². The molecule has 0 aliphatic heterocycles. The molecule has 0 bridgehead atoms. The zero-order valence-corrected chi connectivity index (χ0v) is 37.3. The van der Waals surface area contributed by atoms with Crippen LogP contribution in [0.25, 0.3) is 44.1 Å². The van der Waals surface area contributed by atoms with Gasteiger partial charge in [-0.05, 0) is 25.7 Å². The number of ketones is 1. The minimum Gasteiger partial charge on any atom is 0 e. The van der Waals surface area contributed by atoms with Crippen LogP contribution in [0.5, 0.6) is 0 Å². The Labute approximate surface area is 321 Å². The number of fused-ring (bicyclic) bond motifs is 6. The summed E-state index contributed by atoms with van der Waals surface area (Å²) < 4.78 is 8.21. The van der Waals surface area contributed by atoms with Gasteiger partial charge >= 0.3 is 211 Å². The van der Waals surface area contributed by atoms with Gasteiger partial charge < -0.3 is 5.11 Å². The first kappa shape index (κ1) is 41.0. The summed E-state index contributed by atoms with van der Waals surface area (Å²) in [5.41, 5.74) is 8.60. The van der Waals surface area contributed by atoms with E-state index in [9.17, 15) is 9.90 Å². The van der Waals surface area contributed by atoms with Crippen LogP contribution in [0.15, 0.2) is 59.0 Å². The number of carbonyl (C=O) groups excluding carboxylic acids is 1. The second-order valence-corrected chi connectivity index (χ2v) is 27.3.